The zero-order chi connectivity index (χ0) is 10.2. The van der Waals surface area contributed by atoms with Crippen LogP contribution in [-0.4, -0.2) is 5.54 Å². The largest absolute Gasteiger partial charge is 0.322 e. The Morgan fingerprint density at radius 2 is 2.14 bits per heavy atom. The lowest BCUT2D eigenvalue weighted by molar-refractivity contribution is 0.108. The van der Waals surface area contributed by atoms with Gasteiger partial charge in [-0.3, -0.25) is 0 Å². The summed E-state index contributed by atoms with van der Waals surface area (Å²) in [4.78, 5) is 0. The highest BCUT2D eigenvalue weighted by Gasteiger charge is 2.41. The van der Waals surface area contributed by atoms with E-state index in [9.17, 15) is 4.39 Å². The predicted octanol–water partition coefficient (Wildman–Crippen LogP) is 2.89. The molecule has 0 spiro atoms. The van der Waals surface area contributed by atoms with Gasteiger partial charge in [-0.05, 0) is 31.7 Å². The van der Waals surface area contributed by atoms with Gasteiger partial charge in [0.1, 0.15) is 6.17 Å². The van der Waals surface area contributed by atoms with E-state index in [1.807, 2.05) is 31.2 Å². The average molecular weight is 193 g/mol. The van der Waals surface area contributed by atoms with Crippen LogP contribution in [0.2, 0.25) is 0 Å². The first-order valence-electron chi connectivity index (χ1n) is 5.11. The van der Waals surface area contributed by atoms with Crippen molar-refractivity contribution in [1.82, 2.24) is 0 Å². The van der Waals surface area contributed by atoms with Crippen LogP contribution in [0.5, 0.6) is 0 Å². The molecule has 2 heteroatoms. The molecular weight excluding hydrogens is 177 g/mol. The highest BCUT2D eigenvalue weighted by molar-refractivity contribution is 5.27. The van der Waals surface area contributed by atoms with Crippen LogP contribution in [0.3, 0.4) is 0 Å². The fourth-order valence-corrected chi connectivity index (χ4v) is 2.00. The molecular formula is C12H16FN. The van der Waals surface area contributed by atoms with Crippen LogP contribution in [0.4, 0.5) is 4.39 Å². The van der Waals surface area contributed by atoms with Crippen LogP contribution in [0, 0.1) is 6.92 Å². The number of halogens is 1. The zero-order valence-electron chi connectivity index (χ0n) is 8.46. The molecule has 76 valence electrons. The van der Waals surface area contributed by atoms with E-state index in [2.05, 4.69) is 0 Å². The van der Waals surface area contributed by atoms with Gasteiger partial charge in [0.25, 0.3) is 0 Å². The van der Waals surface area contributed by atoms with Gasteiger partial charge in [0, 0.05) is 0 Å². The maximum atomic E-state index is 14.0. The quantitative estimate of drug-likeness (QED) is 0.767. The highest BCUT2D eigenvalue weighted by Crippen LogP contribution is 2.42. The fourth-order valence-electron chi connectivity index (χ4n) is 2.00. The molecule has 1 saturated carbocycles. The molecule has 2 N–H and O–H groups in total. The molecule has 0 aromatic heterocycles. The minimum atomic E-state index is -1.00. The molecule has 1 aliphatic carbocycles. The van der Waals surface area contributed by atoms with Crippen LogP contribution in [0.25, 0.3) is 0 Å². The van der Waals surface area contributed by atoms with Crippen molar-refractivity contribution < 1.29 is 4.39 Å². The van der Waals surface area contributed by atoms with Crippen LogP contribution in [0.1, 0.15) is 36.6 Å². The minimum absolute atomic E-state index is 0.589. The van der Waals surface area contributed by atoms with Crippen molar-refractivity contribution >= 4 is 0 Å². The molecule has 2 rings (SSSR count). The van der Waals surface area contributed by atoms with Crippen molar-refractivity contribution in [2.45, 2.75) is 37.9 Å². The zero-order valence-corrected chi connectivity index (χ0v) is 8.46. The van der Waals surface area contributed by atoms with Crippen molar-refractivity contribution in [3.63, 3.8) is 0 Å². The summed E-state index contributed by atoms with van der Waals surface area (Å²) < 4.78 is 14.0. The van der Waals surface area contributed by atoms with Gasteiger partial charge in [-0.25, -0.2) is 4.39 Å². The van der Waals surface area contributed by atoms with E-state index in [4.69, 9.17) is 5.73 Å². The Hall–Kier alpha value is -0.890. The van der Waals surface area contributed by atoms with Crippen molar-refractivity contribution in [3.05, 3.63) is 35.4 Å². The van der Waals surface area contributed by atoms with Gasteiger partial charge >= 0.3 is 0 Å². The normalized spacial score (nSPS) is 21.4. The van der Waals surface area contributed by atoms with E-state index >= 15 is 0 Å². The molecule has 1 aromatic rings. The summed E-state index contributed by atoms with van der Waals surface area (Å²) in [5, 5.41) is 0. The molecule has 1 unspecified atom stereocenters. The fraction of sp³-hybridized carbons (Fsp3) is 0.500. The van der Waals surface area contributed by atoms with E-state index in [-0.39, 0.29) is 0 Å². The number of hydrogen-bond donors (Lipinski definition) is 1. The van der Waals surface area contributed by atoms with E-state index < -0.39 is 11.7 Å². The molecule has 1 nitrogen and oxygen atoms in total. The summed E-state index contributed by atoms with van der Waals surface area (Å²) in [6.07, 6.45) is 1.67. The number of rotatable bonds is 2. The van der Waals surface area contributed by atoms with Gasteiger partial charge in [0.05, 0.1) is 5.54 Å². The molecule has 1 atom stereocenters. The maximum Gasteiger partial charge on any atom is 0.143 e. The second-order valence-corrected chi connectivity index (χ2v) is 4.36. The van der Waals surface area contributed by atoms with Crippen molar-refractivity contribution in [1.29, 1.82) is 0 Å². The van der Waals surface area contributed by atoms with Gasteiger partial charge < -0.3 is 5.73 Å². The molecule has 14 heavy (non-hydrogen) atoms. The summed E-state index contributed by atoms with van der Waals surface area (Å²) in [5.41, 5.74) is 7.18. The lowest BCUT2D eigenvalue weighted by Crippen LogP contribution is -2.50. The number of aryl methyl sites for hydroxylation is 1. The molecule has 1 aromatic carbocycles. The van der Waals surface area contributed by atoms with E-state index in [1.54, 1.807) is 0 Å². The molecule has 0 bridgehead atoms. The first-order chi connectivity index (χ1) is 6.62. The summed E-state index contributed by atoms with van der Waals surface area (Å²) in [6.45, 7) is 1.97. The molecule has 0 heterocycles. The number of alkyl halides is 1. The number of benzene rings is 1. The third-order valence-corrected chi connectivity index (χ3v) is 3.12. The second kappa shape index (κ2) is 3.35. The number of hydrogen-bond acceptors (Lipinski definition) is 1. The van der Waals surface area contributed by atoms with Gasteiger partial charge in [-0.2, -0.15) is 0 Å². The van der Waals surface area contributed by atoms with Gasteiger partial charge in [0.2, 0.25) is 0 Å². The van der Waals surface area contributed by atoms with Crippen LogP contribution in [-0.2, 0) is 0 Å². The first kappa shape index (κ1) is 9.66. The van der Waals surface area contributed by atoms with Crippen molar-refractivity contribution in [3.8, 4) is 0 Å². The highest BCUT2D eigenvalue weighted by atomic mass is 19.1. The molecule has 1 fully saturated rings. The maximum absolute atomic E-state index is 14.0. The molecule has 0 amide bonds. The summed E-state index contributed by atoms with van der Waals surface area (Å²) in [6, 6.07) is 7.57. The number of nitrogens with two attached hydrogens (primary N) is 1. The predicted molar refractivity (Wildman–Crippen MR) is 55.8 cm³/mol. The van der Waals surface area contributed by atoms with Crippen molar-refractivity contribution in [2.75, 3.05) is 0 Å². The molecule has 1 aliphatic rings. The van der Waals surface area contributed by atoms with Crippen LogP contribution < -0.4 is 5.73 Å². The lowest BCUT2D eigenvalue weighted by Gasteiger charge is -2.40. The van der Waals surface area contributed by atoms with E-state index in [0.29, 0.717) is 0 Å². The van der Waals surface area contributed by atoms with Crippen molar-refractivity contribution in [2.24, 2.45) is 5.73 Å². The van der Waals surface area contributed by atoms with Crippen LogP contribution in [0.15, 0.2) is 24.3 Å². The lowest BCUT2D eigenvalue weighted by atomic mass is 9.72. The minimum Gasteiger partial charge on any atom is -0.322 e. The Morgan fingerprint density at radius 3 is 2.64 bits per heavy atom. The Labute approximate surface area is 84.1 Å². The SMILES string of the molecule is Cc1cccc(C(F)C2(N)CCC2)c1. The van der Waals surface area contributed by atoms with Gasteiger partial charge in [-0.15, -0.1) is 0 Å². The summed E-state index contributed by atoms with van der Waals surface area (Å²) in [7, 11) is 0. The Morgan fingerprint density at radius 1 is 1.43 bits per heavy atom. The second-order valence-electron chi connectivity index (χ2n) is 4.36. The van der Waals surface area contributed by atoms with Gasteiger partial charge in [-0.1, -0.05) is 29.8 Å². The van der Waals surface area contributed by atoms with Crippen LogP contribution >= 0.6 is 0 Å². The smallest absolute Gasteiger partial charge is 0.143 e. The summed E-state index contributed by atoms with van der Waals surface area (Å²) >= 11 is 0. The molecule has 0 saturated heterocycles. The standard InChI is InChI=1S/C12H16FN/c1-9-4-2-5-10(8-9)11(13)12(14)6-3-7-12/h2,4-5,8,11H,3,6-7,14H2,1H3. The van der Waals surface area contributed by atoms with Gasteiger partial charge in [0.15, 0.2) is 0 Å². The average Bonchev–Trinajstić information content (AvgIpc) is 2.13. The third-order valence-electron chi connectivity index (χ3n) is 3.12. The molecule has 0 aliphatic heterocycles. The monoisotopic (exact) mass is 193 g/mol. The Bertz CT molecular complexity index is 331. The third kappa shape index (κ3) is 1.55. The Balaban J connectivity index is 2.22. The van der Waals surface area contributed by atoms with E-state index in [0.717, 1.165) is 30.4 Å². The van der Waals surface area contributed by atoms with E-state index in [1.165, 1.54) is 0 Å². The molecule has 0 radical (unpaired) electrons. The first-order valence-corrected chi connectivity index (χ1v) is 5.11. The Kier molecular flexibility index (Phi) is 2.31. The topological polar surface area (TPSA) is 26.0 Å². The summed E-state index contributed by atoms with van der Waals surface area (Å²) in [5.74, 6) is 0.